The number of aromatic nitrogens is 3. The largest absolute Gasteiger partial charge is 0.304 e. The second-order valence-electron chi connectivity index (χ2n) is 3.78. The third-order valence-electron chi connectivity index (χ3n) is 2.50. The maximum atomic E-state index is 13.7. The molecular weight excluding hydrogens is 219 g/mol. The zero-order chi connectivity index (χ0) is 12.3. The van der Waals surface area contributed by atoms with Crippen molar-refractivity contribution in [2.75, 3.05) is 6.54 Å². The second-order valence-corrected chi connectivity index (χ2v) is 3.78. The fraction of sp³-hybridized carbons (Fsp3) is 0.333. The van der Waals surface area contributed by atoms with Gasteiger partial charge in [-0.05, 0) is 24.7 Å². The summed E-state index contributed by atoms with van der Waals surface area (Å²) in [5, 5.41) is 7.49. The molecule has 17 heavy (non-hydrogen) atoms. The third-order valence-corrected chi connectivity index (χ3v) is 2.50. The molecule has 2 heterocycles. The van der Waals surface area contributed by atoms with Gasteiger partial charge >= 0.3 is 0 Å². The summed E-state index contributed by atoms with van der Waals surface area (Å²) < 4.78 is 15.4. The quantitative estimate of drug-likeness (QED) is 0.874. The summed E-state index contributed by atoms with van der Waals surface area (Å²) in [6, 6.07) is 4.56. The monoisotopic (exact) mass is 234 g/mol. The molecule has 0 amide bonds. The molecule has 1 N–H and O–H groups in total. The lowest BCUT2D eigenvalue weighted by Gasteiger charge is -2.15. The molecular formula is C12H15FN4. The van der Waals surface area contributed by atoms with E-state index in [1.54, 1.807) is 16.9 Å². The van der Waals surface area contributed by atoms with Crippen LogP contribution in [0.5, 0.6) is 0 Å². The van der Waals surface area contributed by atoms with E-state index in [2.05, 4.69) is 15.4 Å². The highest BCUT2D eigenvalue weighted by atomic mass is 19.1. The van der Waals surface area contributed by atoms with Gasteiger partial charge in [0, 0.05) is 19.4 Å². The number of nitrogens with one attached hydrogen (secondary N) is 1. The normalized spacial score (nSPS) is 12.6. The first-order chi connectivity index (χ1) is 8.22. The number of hydrogen-bond acceptors (Lipinski definition) is 3. The summed E-state index contributed by atoms with van der Waals surface area (Å²) in [6.07, 6.45) is 3.42. The van der Waals surface area contributed by atoms with Crippen LogP contribution in [0, 0.1) is 5.82 Å². The zero-order valence-electron chi connectivity index (χ0n) is 9.89. The molecule has 2 rings (SSSR count). The second kappa shape index (κ2) is 5.05. The number of rotatable bonds is 4. The van der Waals surface area contributed by atoms with Gasteiger partial charge in [-0.25, -0.2) is 4.39 Å². The van der Waals surface area contributed by atoms with Crippen molar-refractivity contribution in [1.29, 1.82) is 0 Å². The van der Waals surface area contributed by atoms with Crippen molar-refractivity contribution in [2.24, 2.45) is 7.05 Å². The Morgan fingerprint density at radius 3 is 2.88 bits per heavy atom. The van der Waals surface area contributed by atoms with Crippen molar-refractivity contribution in [3.8, 4) is 0 Å². The van der Waals surface area contributed by atoms with Crippen LogP contribution in [0.4, 0.5) is 4.39 Å². The molecule has 0 bridgehead atoms. The van der Waals surface area contributed by atoms with Gasteiger partial charge < -0.3 is 5.32 Å². The molecule has 0 fully saturated rings. The lowest BCUT2D eigenvalue weighted by atomic mass is 10.1. The Labute approximate surface area is 99.5 Å². The number of nitrogens with zero attached hydrogens (tertiary/aromatic N) is 3. The predicted molar refractivity (Wildman–Crippen MR) is 62.9 cm³/mol. The van der Waals surface area contributed by atoms with Gasteiger partial charge in [0.05, 0.1) is 17.4 Å². The molecule has 0 saturated carbocycles. The van der Waals surface area contributed by atoms with Crippen molar-refractivity contribution in [3.63, 3.8) is 0 Å². The zero-order valence-corrected chi connectivity index (χ0v) is 9.89. The van der Waals surface area contributed by atoms with E-state index in [0.29, 0.717) is 5.69 Å². The Morgan fingerprint density at radius 1 is 1.47 bits per heavy atom. The van der Waals surface area contributed by atoms with E-state index in [0.717, 1.165) is 12.2 Å². The van der Waals surface area contributed by atoms with Crippen LogP contribution in [0.3, 0.4) is 0 Å². The highest BCUT2D eigenvalue weighted by Gasteiger charge is 2.20. The molecule has 4 nitrogen and oxygen atoms in total. The van der Waals surface area contributed by atoms with Gasteiger partial charge in [-0.15, -0.1) is 0 Å². The SMILES string of the molecule is CCNC(c1ccn(C)n1)c1ncccc1F. The molecule has 0 spiro atoms. The lowest BCUT2D eigenvalue weighted by molar-refractivity contribution is 0.530. The highest BCUT2D eigenvalue weighted by molar-refractivity contribution is 5.22. The highest BCUT2D eigenvalue weighted by Crippen LogP contribution is 2.20. The fourth-order valence-electron chi connectivity index (χ4n) is 1.74. The predicted octanol–water partition coefficient (Wildman–Crippen LogP) is 1.65. The van der Waals surface area contributed by atoms with Gasteiger partial charge in [0.25, 0.3) is 0 Å². The average Bonchev–Trinajstić information content (AvgIpc) is 2.74. The van der Waals surface area contributed by atoms with Crippen molar-refractivity contribution < 1.29 is 4.39 Å². The Kier molecular flexibility index (Phi) is 3.49. The fourth-order valence-corrected chi connectivity index (χ4v) is 1.74. The molecule has 0 aliphatic carbocycles. The molecule has 0 radical (unpaired) electrons. The first kappa shape index (κ1) is 11.7. The minimum absolute atomic E-state index is 0.303. The average molecular weight is 234 g/mol. The Balaban J connectivity index is 2.39. The van der Waals surface area contributed by atoms with E-state index in [4.69, 9.17) is 0 Å². The van der Waals surface area contributed by atoms with Crippen molar-refractivity contribution >= 4 is 0 Å². The van der Waals surface area contributed by atoms with Gasteiger partial charge in [0.15, 0.2) is 0 Å². The van der Waals surface area contributed by atoms with Crippen molar-refractivity contribution in [1.82, 2.24) is 20.1 Å². The molecule has 0 aliphatic rings. The van der Waals surface area contributed by atoms with E-state index in [1.807, 2.05) is 26.2 Å². The van der Waals surface area contributed by atoms with Crippen LogP contribution in [0.2, 0.25) is 0 Å². The first-order valence-corrected chi connectivity index (χ1v) is 5.55. The van der Waals surface area contributed by atoms with E-state index in [9.17, 15) is 4.39 Å². The Hall–Kier alpha value is -1.75. The molecule has 5 heteroatoms. The standard InChI is InChI=1S/C12H15FN4/c1-3-14-12(10-6-8-17(2)16-10)11-9(13)5-4-7-15-11/h4-8,12,14H,3H2,1-2H3. The molecule has 1 atom stereocenters. The smallest absolute Gasteiger partial charge is 0.146 e. The van der Waals surface area contributed by atoms with Crippen LogP contribution < -0.4 is 5.32 Å². The molecule has 0 aliphatic heterocycles. The summed E-state index contributed by atoms with van der Waals surface area (Å²) in [5.74, 6) is -0.316. The van der Waals surface area contributed by atoms with Crippen LogP contribution in [0.25, 0.3) is 0 Å². The van der Waals surface area contributed by atoms with Crippen LogP contribution in [-0.4, -0.2) is 21.3 Å². The molecule has 1 unspecified atom stereocenters. The summed E-state index contributed by atoms with van der Waals surface area (Å²) in [4.78, 5) is 4.10. The summed E-state index contributed by atoms with van der Waals surface area (Å²) in [6.45, 7) is 2.69. The maximum Gasteiger partial charge on any atom is 0.146 e. The Morgan fingerprint density at radius 2 is 2.29 bits per heavy atom. The minimum Gasteiger partial charge on any atom is -0.304 e. The van der Waals surface area contributed by atoms with E-state index < -0.39 is 0 Å². The molecule has 2 aromatic rings. The Bertz CT molecular complexity index is 495. The van der Waals surface area contributed by atoms with E-state index in [-0.39, 0.29) is 11.9 Å². The van der Waals surface area contributed by atoms with Gasteiger partial charge in [0.2, 0.25) is 0 Å². The van der Waals surface area contributed by atoms with Gasteiger partial charge in [-0.1, -0.05) is 6.92 Å². The van der Waals surface area contributed by atoms with Crippen molar-refractivity contribution in [3.05, 3.63) is 47.8 Å². The van der Waals surface area contributed by atoms with E-state index in [1.165, 1.54) is 6.07 Å². The number of aryl methyl sites for hydroxylation is 1. The summed E-state index contributed by atoms with van der Waals surface area (Å²) >= 11 is 0. The van der Waals surface area contributed by atoms with E-state index >= 15 is 0 Å². The first-order valence-electron chi connectivity index (χ1n) is 5.55. The van der Waals surface area contributed by atoms with Crippen LogP contribution in [0.15, 0.2) is 30.6 Å². The van der Waals surface area contributed by atoms with Gasteiger partial charge in [0.1, 0.15) is 5.82 Å². The lowest BCUT2D eigenvalue weighted by Crippen LogP contribution is -2.24. The van der Waals surface area contributed by atoms with Crippen LogP contribution in [0.1, 0.15) is 24.4 Å². The van der Waals surface area contributed by atoms with Gasteiger partial charge in [-0.3, -0.25) is 9.67 Å². The molecule has 0 saturated heterocycles. The van der Waals surface area contributed by atoms with Crippen molar-refractivity contribution in [2.45, 2.75) is 13.0 Å². The molecule has 2 aromatic heterocycles. The minimum atomic E-state index is -0.316. The number of halogens is 1. The topological polar surface area (TPSA) is 42.7 Å². The summed E-state index contributed by atoms with van der Waals surface area (Å²) in [5.41, 5.74) is 1.15. The third kappa shape index (κ3) is 2.50. The molecule has 90 valence electrons. The number of hydrogen-bond donors (Lipinski definition) is 1. The molecule has 0 aromatic carbocycles. The van der Waals surface area contributed by atoms with Crippen LogP contribution in [-0.2, 0) is 7.05 Å². The number of pyridine rings is 1. The summed E-state index contributed by atoms with van der Waals surface area (Å²) in [7, 11) is 1.83. The van der Waals surface area contributed by atoms with Gasteiger partial charge in [-0.2, -0.15) is 5.10 Å². The maximum absolute atomic E-state index is 13.7. The van der Waals surface area contributed by atoms with Crippen LogP contribution >= 0.6 is 0 Å².